The van der Waals surface area contributed by atoms with Crippen LogP contribution in [0.1, 0.15) is 18.4 Å². The molecule has 7 heteroatoms. The number of ether oxygens (including phenoxy) is 1. The van der Waals surface area contributed by atoms with E-state index in [0.29, 0.717) is 24.4 Å². The molecule has 1 amide bonds. The molecule has 1 saturated heterocycles. The van der Waals surface area contributed by atoms with Crippen LogP contribution in [-0.2, 0) is 9.53 Å². The molecular formula is C22H25N5O2. The van der Waals surface area contributed by atoms with Gasteiger partial charge >= 0.3 is 0 Å². The topological polar surface area (TPSA) is 71.8 Å². The van der Waals surface area contributed by atoms with E-state index in [2.05, 4.69) is 20.3 Å². The van der Waals surface area contributed by atoms with E-state index in [1.807, 2.05) is 54.2 Å². The average molecular weight is 391 g/mol. The van der Waals surface area contributed by atoms with Crippen molar-refractivity contribution in [2.75, 3.05) is 25.6 Å². The van der Waals surface area contributed by atoms with Crippen LogP contribution in [0.4, 0.5) is 5.69 Å². The van der Waals surface area contributed by atoms with Gasteiger partial charge in [-0.3, -0.25) is 9.69 Å². The first-order chi connectivity index (χ1) is 14.1. The van der Waals surface area contributed by atoms with Gasteiger partial charge in [0.1, 0.15) is 0 Å². The number of hydrogen-bond acceptors (Lipinski definition) is 5. The van der Waals surface area contributed by atoms with Crippen molar-refractivity contribution in [1.29, 1.82) is 0 Å². The zero-order valence-electron chi connectivity index (χ0n) is 16.7. The Morgan fingerprint density at radius 3 is 3.07 bits per heavy atom. The fourth-order valence-corrected chi connectivity index (χ4v) is 4.44. The van der Waals surface area contributed by atoms with E-state index in [0.717, 1.165) is 35.3 Å². The Kier molecular flexibility index (Phi) is 4.56. The number of nitrogens with one attached hydrogen (secondary N) is 1. The summed E-state index contributed by atoms with van der Waals surface area (Å²) < 4.78 is 7.04. The number of aromatic nitrogens is 3. The van der Waals surface area contributed by atoms with E-state index in [-0.39, 0.29) is 11.9 Å². The average Bonchev–Trinajstić information content (AvgIpc) is 3.17. The van der Waals surface area contributed by atoms with Crippen LogP contribution in [0, 0.1) is 12.8 Å². The van der Waals surface area contributed by atoms with Gasteiger partial charge in [-0.1, -0.05) is 6.07 Å². The maximum absolute atomic E-state index is 13.0. The van der Waals surface area contributed by atoms with Crippen molar-refractivity contribution < 1.29 is 9.53 Å². The van der Waals surface area contributed by atoms with Gasteiger partial charge < -0.3 is 10.1 Å². The molecule has 2 fully saturated rings. The Morgan fingerprint density at radius 2 is 2.21 bits per heavy atom. The highest BCUT2D eigenvalue weighted by Crippen LogP contribution is 2.47. The van der Waals surface area contributed by atoms with Crippen molar-refractivity contribution in [1.82, 2.24) is 19.5 Å². The maximum atomic E-state index is 13.0. The van der Waals surface area contributed by atoms with Gasteiger partial charge in [0.15, 0.2) is 5.82 Å². The smallest absolute Gasteiger partial charge is 0.241 e. The molecule has 0 radical (unpaired) electrons. The first-order valence-electron chi connectivity index (χ1n) is 10.1. The van der Waals surface area contributed by atoms with E-state index < -0.39 is 0 Å². The van der Waals surface area contributed by atoms with Crippen LogP contribution in [0.15, 0.2) is 42.7 Å². The summed E-state index contributed by atoms with van der Waals surface area (Å²) in [6.45, 7) is 3.49. The molecule has 29 heavy (non-hydrogen) atoms. The summed E-state index contributed by atoms with van der Waals surface area (Å²) in [6.07, 6.45) is 5.86. The van der Waals surface area contributed by atoms with Crippen molar-refractivity contribution in [2.24, 2.45) is 5.92 Å². The second-order valence-electron chi connectivity index (χ2n) is 8.02. The standard InChI is InChI=1S/C22H25N5O2/c1-14-5-6-16(12-18(14)21-23-13-17-4-3-7-27(17)25-21)24-22(28)20-11-15-10-19(15)26(20)8-9-29-2/h3-7,12-13,15,19-20H,8-11H2,1-2H3,(H,24,28)/t15?,19?,20-/m1/s1. The summed E-state index contributed by atoms with van der Waals surface area (Å²) in [5.74, 6) is 1.37. The summed E-state index contributed by atoms with van der Waals surface area (Å²) in [6, 6.07) is 10.3. The third-order valence-electron chi connectivity index (χ3n) is 6.12. The lowest BCUT2D eigenvalue weighted by atomic mass is 10.1. The number of benzene rings is 1. The van der Waals surface area contributed by atoms with Crippen molar-refractivity contribution in [3.8, 4) is 11.4 Å². The molecular weight excluding hydrogens is 366 g/mol. The monoisotopic (exact) mass is 391 g/mol. The van der Waals surface area contributed by atoms with Gasteiger partial charge in [-0.05, 0) is 55.5 Å². The molecule has 3 heterocycles. The normalized spacial score (nSPS) is 23.3. The number of nitrogens with zero attached hydrogens (tertiary/aromatic N) is 4. The molecule has 1 aromatic carbocycles. The second kappa shape index (κ2) is 7.24. The number of hydrogen-bond donors (Lipinski definition) is 1. The first kappa shape index (κ1) is 18.3. The Labute approximate surface area is 169 Å². The molecule has 2 aliphatic rings. The number of carbonyl (C=O) groups is 1. The zero-order valence-corrected chi connectivity index (χ0v) is 16.7. The van der Waals surface area contributed by atoms with E-state index in [1.54, 1.807) is 7.11 Å². The summed E-state index contributed by atoms with van der Waals surface area (Å²) in [5.41, 5.74) is 3.72. The molecule has 0 spiro atoms. The Hall–Kier alpha value is -2.77. The van der Waals surface area contributed by atoms with Crippen LogP contribution in [0.3, 0.4) is 0 Å². The summed E-state index contributed by atoms with van der Waals surface area (Å²) in [4.78, 5) is 19.8. The molecule has 5 rings (SSSR count). The van der Waals surface area contributed by atoms with Crippen molar-refractivity contribution in [2.45, 2.75) is 31.8 Å². The minimum atomic E-state index is -0.0777. The van der Waals surface area contributed by atoms with Gasteiger partial charge in [0.25, 0.3) is 0 Å². The summed E-state index contributed by atoms with van der Waals surface area (Å²) >= 11 is 0. The Balaban J connectivity index is 1.36. The van der Waals surface area contributed by atoms with Crippen LogP contribution in [-0.4, -0.2) is 57.8 Å². The lowest BCUT2D eigenvalue weighted by molar-refractivity contribution is -0.121. The van der Waals surface area contributed by atoms with E-state index in [4.69, 9.17) is 4.74 Å². The number of anilines is 1. The maximum Gasteiger partial charge on any atom is 0.241 e. The molecule has 2 aromatic heterocycles. The lowest BCUT2D eigenvalue weighted by Crippen LogP contribution is -2.43. The minimum Gasteiger partial charge on any atom is -0.383 e. The molecule has 1 saturated carbocycles. The molecule has 7 nitrogen and oxygen atoms in total. The van der Waals surface area contributed by atoms with Crippen LogP contribution in [0.2, 0.25) is 0 Å². The Morgan fingerprint density at radius 1 is 1.31 bits per heavy atom. The minimum absolute atomic E-state index is 0.0601. The second-order valence-corrected chi connectivity index (χ2v) is 8.02. The van der Waals surface area contributed by atoms with Gasteiger partial charge in [-0.25, -0.2) is 9.50 Å². The van der Waals surface area contributed by atoms with Gasteiger partial charge in [0.05, 0.1) is 24.4 Å². The summed E-state index contributed by atoms with van der Waals surface area (Å²) in [7, 11) is 1.70. The van der Waals surface area contributed by atoms with Gasteiger partial charge in [-0.15, -0.1) is 5.10 Å². The molecule has 3 atom stereocenters. The van der Waals surface area contributed by atoms with Crippen LogP contribution in [0.5, 0.6) is 0 Å². The summed E-state index contributed by atoms with van der Waals surface area (Å²) in [5, 5.41) is 7.71. The fourth-order valence-electron chi connectivity index (χ4n) is 4.44. The molecule has 3 aromatic rings. The predicted molar refractivity (Wildman–Crippen MR) is 111 cm³/mol. The number of carbonyl (C=O) groups excluding carboxylic acids is 1. The zero-order chi connectivity index (χ0) is 20.0. The highest BCUT2D eigenvalue weighted by atomic mass is 16.5. The van der Waals surface area contributed by atoms with E-state index >= 15 is 0 Å². The number of aryl methyl sites for hydroxylation is 1. The van der Waals surface area contributed by atoms with Crippen molar-refractivity contribution in [3.63, 3.8) is 0 Å². The number of methoxy groups -OCH3 is 1. The number of amides is 1. The molecule has 1 N–H and O–H groups in total. The third-order valence-corrected chi connectivity index (χ3v) is 6.12. The number of likely N-dealkylation sites (tertiary alicyclic amines) is 1. The molecule has 150 valence electrons. The molecule has 1 aliphatic heterocycles. The van der Waals surface area contributed by atoms with E-state index in [9.17, 15) is 4.79 Å². The lowest BCUT2D eigenvalue weighted by Gasteiger charge is -2.26. The SMILES string of the molecule is COCCN1C2CC2C[C@@H]1C(=O)Nc1ccc(C)c(-c2ncc3cccn3n2)c1. The van der Waals surface area contributed by atoms with Gasteiger partial charge in [-0.2, -0.15) is 0 Å². The highest BCUT2D eigenvalue weighted by Gasteiger charge is 2.53. The van der Waals surface area contributed by atoms with Crippen LogP contribution >= 0.6 is 0 Å². The van der Waals surface area contributed by atoms with Crippen LogP contribution < -0.4 is 5.32 Å². The quantitative estimate of drug-likeness (QED) is 0.700. The number of piperidine rings is 1. The highest BCUT2D eigenvalue weighted by molar-refractivity contribution is 5.95. The Bertz CT molecular complexity index is 1060. The molecule has 1 aliphatic carbocycles. The van der Waals surface area contributed by atoms with E-state index in [1.165, 1.54) is 6.42 Å². The predicted octanol–water partition coefficient (Wildman–Crippen LogP) is 2.75. The molecule has 0 bridgehead atoms. The largest absolute Gasteiger partial charge is 0.383 e. The van der Waals surface area contributed by atoms with Gasteiger partial charge in [0, 0.05) is 37.1 Å². The molecule has 2 unspecified atom stereocenters. The van der Waals surface area contributed by atoms with Crippen molar-refractivity contribution in [3.05, 3.63) is 48.3 Å². The third kappa shape index (κ3) is 3.41. The van der Waals surface area contributed by atoms with Crippen molar-refractivity contribution >= 4 is 17.1 Å². The first-order valence-corrected chi connectivity index (χ1v) is 10.1. The number of rotatable bonds is 6. The van der Waals surface area contributed by atoms with Crippen LogP contribution in [0.25, 0.3) is 16.9 Å². The van der Waals surface area contributed by atoms with Gasteiger partial charge in [0.2, 0.25) is 5.91 Å². The fraction of sp³-hybridized carbons (Fsp3) is 0.409. The number of fused-ring (bicyclic) bond motifs is 2.